The van der Waals surface area contributed by atoms with E-state index in [9.17, 15) is 4.79 Å². The van der Waals surface area contributed by atoms with E-state index in [0.29, 0.717) is 39.6 Å². The molecular weight excluding hydrogens is 198 g/mol. The maximum Gasteiger partial charge on any atom is 0.216 e. The van der Waals surface area contributed by atoms with Crippen molar-refractivity contribution in [1.29, 1.82) is 0 Å². The lowest BCUT2D eigenvalue weighted by Gasteiger charge is -2.06. The van der Waals surface area contributed by atoms with Crippen LogP contribution in [-0.4, -0.2) is 52.1 Å². The molecule has 0 saturated heterocycles. The van der Waals surface area contributed by atoms with E-state index >= 15 is 0 Å². The second-order valence-electron chi connectivity index (χ2n) is 2.90. The summed E-state index contributed by atoms with van der Waals surface area (Å²) in [5.74, 6) is -0.0356. The van der Waals surface area contributed by atoms with Crippen molar-refractivity contribution in [2.75, 3.05) is 46.2 Å². The topological polar surface area (TPSA) is 56.8 Å². The quantitative estimate of drug-likeness (QED) is 0.533. The van der Waals surface area contributed by atoms with Crippen molar-refractivity contribution in [3.05, 3.63) is 0 Å². The summed E-state index contributed by atoms with van der Waals surface area (Å²) in [6.07, 6.45) is 0. The molecule has 0 aliphatic heterocycles. The van der Waals surface area contributed by atoms with E-state index in [0.717, 1.165) is 6.61 Å². The fourth-order valence-electron chi connectivity index (χ4n) is 0.883. The summed E-state index contributed by atoms with van der Waals surface area (Å²) in [6, 6.07) is 0. The Morgan fingerprint density at radius 3 is 2.07 bits per heavy atom. The van der Waals surface area contributed by atoms with Crippen molar-refractivity contribution in [3.8, 4) is 0 Å². The van der Waals surface area contributed by atoms with Gasteiger partial charge in [0.15, 0.2) is 0 Å². The predicted octanol–water partition coefficient (Wildman–Crippen LogP) is 0.192. The predicted molar refractivity (Wildman–Crippen MR) is 56.8 cm³/mol. The summed E-state index contributed by atoms with van der Waals surface area (Å²) in [5, 5.41) is 2.64. The smallest absolute Gasteiger partial charge is 0.216 e. The number of carbonyl (C=O) groups excluding carboxylic acids is 1. The van der Waals surface area contributed by atoms with E-state index in [1.165, 1.54) is 6.92 Å². The number of rotatable bonds is 10. The molecule has 0 fully saturated rings. The van der Waals surface area contributed by atoms with Crippen LogP contribution in [0.15, 0.2) is 0 Å². The molecule has 15 heavy (non-hydrogen) atoms. The van der Waals surface area contributed by atoms with E-state index in [1.807, 2.05) is 6.92 Å². The van der Waals surface area contributed by atoms with Crippen molar-refractivity contribution in [3.63, 3.8) is 0 Å². The van der Waals surface area contributed by atoms with Crippen LogP contribution in [0, 0.1) is 0 Å². The van der Waals surface area contributed by atoms with Crippen LogP contribution in [0.2, 0.25) is 0 Å². The molecule has 5 nitrogen and oxygen atoms in total. The van der Waals surface area contributed by atoms with Crippen LogP contribution >= 0.6 is 0 Å². The van der Waals surface area contributed by atoms with Crippen LogP contribution in [0.3, 0.4) is 0 Å². The molecule has 0 spiro atoms. The number of ether oxygens (including phenoxy) is 3. The van der Waals surface area contributed by atoms with Crippen molar-refractivity contribution >= 4 is 5.91 Å². The fraction of sp³-hybridized carbons (Fsp3) is 0.900. The molecule has 0 bridgehead atoms. The Balaban J connectivity index is 2.89. The van der Waals surface area contributed by atoms with Gasteiger partial charge in [-0.2, -0.15) is 0 Å². The Morgan fingerprint density at radius 1 is 1.00 bits per heavy atom. The highest BCUT2D eigenvalue weighted by Crippen LogP contribution is 1.80. The minimum atomic E-state index is -0.0356. The molecule has 0 aliphatic carbocycles. The third-order valence-electron chi connectivity index (χ3n) is 1.57. The van der Waals surface area contributed by atoms with E-state index < -0.39 is 0 Å². The van der Waals surface area contributed by atoms with Crippen LogP contribution in [0.4, 0.5) is 0 Å². The summed E-state index contributed by atoms with van der Waals surface area (Å²) in [7, 11) is 0. The zero-order valence-electron chi connectivity index (χ0n) is 9.58. The van der Waals surface area contributed by atoms with Crippen molar-refractivity contribution in [1.82, 2.24) is 5.32 Å². The summed E-state index contributed by atoms with van der Waals surface area (Å²) in [4.78, 5) is 10.5. The minimum Gasteiger partial charge on any atom is -0.379 e. The molecular formula is C10H21NO4. The largest absolute Gasteiger partial charge is 0.379 e. The zero-order valence-corrected chi connectivity index (χ0v) is 9.58. The van der Waals surface area contributed by atoms with Gasteiger partial charge in [-0.15, -0.1) is 0 Å². The molecule has 0 rings (SSSR count). The number of carbonyl (C=O) groups is 1. The van der Waals surface area contributed by atoms with Gasteiger partial charge in [-0.25, -0.2) is 0 Å². The fourth-order valence-corrected chi connectivity index (χ4v) is 0.883. The van der Waals surface area contributed by atoms with E-state index in [1.54, 1.807) is 0 Å². The first kappa shape index (κ1) is 14.3. The SMILES string of the molecule is CCOCCOCCOCCNC(C)=O. The van der Waals surface area contributed by atoms with Crippen molar-refractivity contribution in [2.24, 2.45) is 0 Å². The maximum atomic E-state index is 10.5. The van der Waals surface area contributed by atoms with Crippen molar-refractivity contribution < 1.29 is 19.0 Å². The van der Waals surface area contributed by atoms with Gasteiger partial charge in [0, 0.05) is 20.1 Å². The first-order chi connectivity index (χ1) is 7.27. The molecule has 1 amide bonds. The molecule has 0 saturated carbocycles. The molecule has 0 aromatic carbocycles. The zero-order chi connectivity index (χ0) is 11.4. The van der Waals surface area contributed by atoms with Gasteiger partial charge in [0.25, 0.3) is 0 Å². The third-order valence-corrected chi connectivity index (χ3v) is 1.57. The van der Waals surface area contributed by atoms with Crippen LogP contribution in [0.25, 0.3) is 0 Å². The first-order valence-electron chi connectivity index (χ1n) is 5.25. The maximum absolute atomic E-state index is 10.5. The van der Waals surface area contributed by atoms with Crippen LogP contribution < -0.4 is 5.32 Å². The highest BCUT2D eigenvalue weighted by molar-refractivity contribution is 5.72. The lowest BCUT2D eigenvalue weighted by atomic mass is 10.6. The van der Waals surface area contributed by atoms with Gasteiger partial charge < -0.3 is 19.5 Å². The Labute approximate surface area is 91.1 Å². The third kappa shape index (κ3) is 13.3. The monoisotopic (exact) mass is 219 g/mol. The Morgan fingerprint density at radius 2 is 1.53 bits per heavy atom. The van der Waals surface area contributed by atoms with Gasteiger partial charge in [0.2, 0.25) is 5.91 Å². The number of nitrogens with one attached hydrogen (secondary N) is 1. The van der Waals surface area contributed by atoms with Gasteiger partial charge in [-0.05, 0) is 6.92 Å². The Hall–Kier alpha value is -0.650. The van der Waals surface area contributed by atoms with Crippen LogP contribution in [0.1, 0.15) is 13.8 Å². The summed E-state index contributed by atoms with van der Waals surface area (Å²) in [6.45, 7) is 7.56. The summed E-state index contributed by atoms with van der Waals surface area (Å²) >= 11 is 0. The van der Waals surface area contributed by atoms with Crippen LogP contribution in [-0.2, 0) is 19.0 Å². The van der Waals surface area contributed by atoms with E-state index in [2.05, 4.69) is 5.32 Å². The Bertz CT molecular complexity index is 152. The molecule has 0 atom stereocenters. The molecule has 0 aromatic rings. The summed E-state index contributed by atoms with van der Waals surface area (Å²) < 4.78 is 15.5. The summed E-state index contributed by atoms with van der Waals surface area (Å²) in [5.41, 5.74) is 0. The lowest BCUT2D eigenvalue weighted by molar-refractivity contribution is -0.119. The highest BCUT2D eigenvalue weighted by Gasteiger charge is 1.92. The average molecular weight is 219 g/mol. The second-order valence-corrected chi connectivity index (χ2v) is 2.90. The second kappa shape index (κ2) is 11.4. The molecule has 0 aliphatic rings. The lowest BCUT2D eigenvalue weighted by Crippen LogP contribution is -2.25. The number of hydrogen-bond acceptors (Lipinski definition) is 4. The molecule has 90 valence electrons. The molecule has 0 heterocycles. The number of hydrogen-bond donors (Lipinski definition) is 1. The first-order valence-corrected chi connectivity index (χ1v) is 5.25. The van der Waals surface area contributed by atoms with Gasteiger partial charge in [-0.1, -0.05) is 0 Å². The molecule has 0 aromatic heterocycles. The van der Waals surface area contributed by atoms with Crippen LogP contribution in [0.5, 0.6) is 0 Å². The normalized spacial score (nSPS) is 10.3. The molecule has 0 unspecified atom stereocenters. The Kier molecular flexibility index (Phi) is 10.9. The minimum absolute atomic E-state index is 0.0356. The highest BCUT2D eigenvalue weighted by atomic mass is 16.5. The average Bonchev–Trinajstić information content (AvgIpc) is 2.20. The van der Waals surface area contributed by atoms with Gasteiger partial charge in [0.05, 0.1) is 33.0 Å². The van der Waals surface area contributed by atoms with Crippen molar-refractivity contribution in [2.45, 2.75) is 13.8 Å². The van der Waals surface area contributed by atoms with E-state index in [4.69, 9.17) is 14.2 Å². The standard InChI is InChI=1S/C10H21NO4/c1-3-13-6-7-15-9-8-14-5-4-11-10(2)12/h3-9H2,1-2H3,(H,11,12). The van der Waals surface area contributed by atoms with Gasteiger partial charge in [-0.3, -0.25) is 4.79 Å². The van der Waals surface area contributed by atoms with Gasteiger partial charge >= 0.3 is 0 Å². The number of amides is 1. The molecule has 1 N–H and O–H groups in total. The molecule has 5 heteroatoms. The van der Waals surface area contributed by atoms with Gasteiger partial charge in [0.1, 0.15) is 0 Å². The van der Waals surface area contributed by atoms with E-state index in [-0.39, 0.29) is 5.91 Å². The molecule has 0 radical (unpaired) electrons.